The first-order chi connectivity index (χ1) is 13.2. The molecule has 4 fully saturated rings. The van der Waals surface area contributed by atoms with Crippen LogP contribution in [-0.4, -0.2) is 45.3 Å². The lowest BCUT2D eigenvalue weighted by molar-refractivity contribution is -0.207. The van der Waals surface area contributed by atoms with E-state index in [9.17, 15) is 20.4 Å². The molecule has 4 aliphatic carbocycles. The van der Waals surface area contributed by atoms with Crippen molar-refractivity contribution in [2.75, 3.05) is 6.61 Å². The Kier molecular flexibility index (Phi) is 5.66. The van der Waals surface area contributed by atoms with E-state index in [1.165, 1.54) is 0 Å². The largest absolute Gasteiger partial charge is 0.396 e. The zero-order valence-electron chi connectivity index (χ0n) is 18.1. The predicted molar refractivity (Wildman–Crippen MR) is 109 cm³/mol. The Labute approximate surface area is 170 Å². The third kappa shape index (κ3) is 3.01. The van der Waals surface area contributed by atoms with Gasteiger partial charge in [0.2, 0.25) is 0 Å². The number of fused-ring (bicyclic) bond motifs is 5. The molecule has 11 atom stereocenters. The molecule has 0 aromatic rings. The monoisotopic (exact) mass is 394 g/mol. The lowest BCUT2D eigenvalue weighted by Crippen LogP contribution is -2.62. The van der Waals surface area contributed by atoms with Crippen LogP contribution in [0.4, 0.5) is 0 Å². The maximum absolute atomic E-state index is 11.5. The standard InChI is InChI=1S/C24H42O4/c1-14(5-4-10-25)17-6-7-18-22-19(13-21(28)24(17,18)3)23(2)9-8-16(26)11-15(23)12-20(22)27/h14-22,25-28H,4-13H2,1-3H3/t14-,15-,16-,17+,18-,19-,20+,21+,22-,23-,24+/m0/s1. The van der Waals surface area contributed by atoms with Crippen LogP contribution in [0.2, 0.25) is 0 Å². The van der Waals surface area contributed by atoms with Crippen molar-refractivity contribution in [2.24, 2.45) is 46.3 Å². The van der Waals surface area contributed by atoms with Crippen molar-refractivity contribution in [2.45, 2.75) is 96.9 Å². The number of hydrogen-bond acceptors (Lipinski definition) is 4. The van der Waals surface area contributed by atoms with Crippen molar-refractivity contribution < 1.29 is 20.4 Å². The van der Waals surface area contributed by atoms with Crippen LogP contribution in [0.1, 0.15) is 78.6 Å². The Balaban J connectivity index is 1.62. The van der Waals surface area contributed by atoms with Crippen LogP contribution in [0.5, 0.6) is 0 Å². The van der Waals surface area contributed by atoms with Crippen LogP contribution in [0.3, 0.4) is 0 Å². The number of aliphatic hydroxyl groups excluding tert-OH is 4. The minimum Gasteiger partial charge on any atom is -0.396 e. The molecule has 0 bridgehead atoms. The Hall–Kier alpha value is -0.160. The van der Waals surface area contributed by atoms with Crippen molar-refractivity contribution >= 4 is 0 Å². The highest BCUT2D eigenvalue weighted by atomic mass is 16.3. The van der Waals surface area contributed by atoms with Crippen molar-refractivity contribution in [1.29, 1.82) is 0 Å². The van der Waals surface area contributed by atoms with Gasteiger partial charge >= 0.3 is 0 Å². The molecule has 0 radical (unpaired) electrons. The van der Waals surface area contributed by atoms with E-state index in [0.29, 0.717) is 35.5 Å². The fraction of sp³-hybridized carbons (Fsp3) is 1.00. The minimum atomic E-state index is -0.308. The molecule has 4 heteroatoms. The summed E-state index contributed by atoms with van der Waals surface area (Å²) in [5, 5.41) is 42.2. The topological polar surface area (TPSA) is 80.9 Å². The molecular formula is C24H42O4. The van der Waals surface area contributed by atoms with Gasteiger partial charge in [-0.3, -0.25) is 0 Å². The summed E-state index contributed by atoms with van der Waals surface area (Å²) in [5.74, 6) is 2.41. The van der Waals surface area contributed by atoms with Crippen LogP contribution in [0, 0.1) is 46.3 Å². The first kappa shape index (κ1) is 21.1. The smallest absolute Gasteiger partial charge is 0.0602 e. The van der Waals surface area contributed by atoms with E-state index < -0.39 is 0 Å². The zero-order chi connectivity index (χ0) is 20.3. The molecule has 162 valence electrons. The maximum Gasteiger partial charge on any atom is 0.0602 e. The van der Waals surface area contributed by atoms with Gasteiger partial charge in [-0.05, 0) is 104 Å². The molecule has 0 aromatic heterocycles. The van der Waals surface area contributed by atoms with E-state index in [4.69, 9.17) is 0 Å². The fourth-order valence-corrected chi connectivity index (χ4v) is 8.75. The molecule has 4 aliphatic rings. The molecule has 0 aliphatic heterocycles. The Morgan fingerprint density at radius 2 is 1.71 bits per heavy atom. The van der Waals surface area contributed by atoms with E-state index in [1.807, 2.05) is 0 Å². The summed E-state index contributed by atoms with van der Waals surface area (Å²) in [6, 6.07) is 0. The Bertz CT molecular complexity index is 567. The van der Waals surface area contributed by atoms with Crippen molar-refractivity contribution in [3.8, 4) is 0 Å². The molecule has 4 rings (SSSR count). The maximum atomic E-state index is 11.5. The van der Waals surface area contributed by atoms with Crippen molar-refractivity contribution in [3.05, 3.63) is 0 Å². The van der Waals surface area contributed by atoms with Gasteiger partial charge in [-0.2, -0.15) is 0 Å². The SMILES string of the molecule is C[C@@H](CCCO)[C@H]1CC[C@H]2[C@@H]3[C@H](O)C[C@@H]4C[C@@H](O)CC[C@]4(C)[C@H]3C[C@@H](O)[C@]12C. The van der Waals surface area contributed by atoms with E-state index in [0.717, 1.165) is 57.8 Å². The number of hydrogen-bond donors (Lipinski definition) is 4. The van der Waals surface area contributed by atoms with E-state index in [-0.39, 0.29) is 35.7 Å². The molecule has 4 N–H and O–H groups in total. The van der Waals surface area contributed by atoms with Crippen molar-refractivity contribution in [3.63, 3.8) is 0 Å². The molecule has 0 amide bonds. The van der Waals surface area contributed by atoms with Gasteiger partial charge in [0.05, 0.1) is 18.3 Å². The van der Waals surface area contributed by atoms with Crippen LogP contribution in [0.25, 0.3) is 0 Å². The average molecular weight is 395 g/mol. The molecule has 0 heterocycles. The van der Waals surface area contributed by atoms with E-state index in [2.05, 4.69) is 20.8 Å². The van der Waals surface area contributed by atoms with Gasteiger partial charge in [0.1, 0.15) is 0 Å². The van der Waals surface area contributed by atoms with Gasteiger partial charge < -0.3 is 20.4 Å². The molecule has 0 unspecified atom stereocenters. The van der Waals surface area contributed by atoms with Gasteiger partial charge in [-0.25, -0.2) is 0 Å². The van der Waals surface area contributed by atoms with E-state index in [1.54, 1.807) is 0 Å². The van der Waals surface area contributed by atoms with Gasteiger partial charge in [-0.1, -0.05) is 20.8 Å². The second-order valence-electron chi connectivity index (χ2n) is 11.4. The highest BCUT2D eigenvalue weighted by Crippen LogP contribution is 2.68. The zero-order valence-corrected chi connectivity index (χ0v) is 18.1. The fourth-order valence-electron chi connectivity index (χ4n) is 8.75. The molecule has 28 heavy (non-hydrogen) atoms. The molecule has 4 nitrogen and oxygen atoms in total. The summed E-state index contributed by atoms with van der Waals surface area (Å²) >= 11 is 0. The summed E-state index contributed by atoms with van der Waals surface area (Å²) in [7, 11) is 0. The van der Waals surface area contributed by atoms with Gasteiger partial charge in [0.25, 0.3) is 0 Å². The van der Waals surface area contributed by atoms with Gasteiger partial charge in [-0.15, -0.1) is 0 Å². The summed E-state index contributed by atoms with van der Waals surface area (Å²) in [6.07, 6.45) is 7.62. The first-order valence-electron chi connectivity index (χ1n) is 11.9. The number of rotatable bonds is 4. The molecular weight excluding hydrogens is 352 g/mol. The number of aliphatic hydroxyl groups is 4. The lowest BCUT2D eigenvalue weighted by Gasteiger charge is -2.63. The molecule has 0 aromatic carbocycles. The van der Waals surface area contributed by atoms with Crippen LogP contribution < -0.4 is 0 Å². The highest BCUT2D eigenvalue weighted by Gasteiger charge is 2.65. The summed E-state index contributed by atoms with van der Waals surface area (Å²) in [6.45, 7) is 7.23. The second kappa shape index (κ2) is 7.51. The molecule has 0 saturated heterocycles. The van der Waals surface area contributed by atoms with Crippen LogP contribution in [-0.2, 0) is 0 Å². The van der Waals surface area contributed by atoms with Crippen LogP contribution >= 0.6 is 0 Å². The highest BCUT2D eigenvalue weighted by molar-refractivity contribution is 5.14. The summed E-state index contributed by atoms with van der Waals surface area (Å²) in [4.78, 5) is 0. The minimum absolute atomic E-state index is 0.117. The average Bonchev–Trinajstić information content (AvgIpc) is 3.01. The lowest BCUT2D eigenvalue weighted by atomic mass is 9.43. The second-order valence-corrected chi connectivity index (χ2v) is 11.4. The Morgan fingerprint density at radius 1 is 0.964 bits per heavy atom. The van der Waals surface area contributed by atoms with Crippen molar-refractivity contribution in [1.82, 2.24) is 0 Å². The summed E-state index contributed by atoms with van der Waals surface area (Å²) in [5.41, 5.74) is 0.0282. The van der Waals surface area contributed by atoms with Crippen LogP contribution in [0.15, 0.2) is 0 Å². The predicted octanol–water partition coefficient (Wildman–Crippen LogP) is 3.36. The third-order valence-corrected chi connectivity index (χ3v) is 10.3. The van der Waals surface area contributed by atoms with Gasteiger partial charge in [0, 0.05) is 6.61 Å². The third-order valence-electron chi connectivity index (χ3n) is 10.3. The Morgan fingerprint density at radius 3 is 2.43 bits per heavy atom. The molecule has 4 saturated carbocycles. The summed E-state index contributed by atoms with van der Waals surface area (Å²) < 4.78 is 0. The quantitative estimate of drug-likeness (QED) is 0.589. The first-order valence-corrected chi connectivity index (χ1v) is 11.9. The normalized spacial score (nSPS) is 54.5. The molecule has 0 spiro atoms. The van der Waals surface area contributed by atoms with Gasteiger partial charge in [0.15, 0.2) is 0 Å². The van der Waals surface area contributed by atoms with E-state index >= 15 is 0 Å².